The first-order chi connectivity index (χ1) is 9.42. The minimum Gasteiger partial charge on any atom is -0.392 e. The summed E-state index contributed by atoms with van der Waals surface area (Å²) in [6, 6.07) is 6.43. The molecule has 0 saturated carbocycles. The highest BCUT2D eigenvalue weighted by atomic mass is 16.6. The molecule has 0 spiro atoms. The number of benzene rings is 1. The molecule has 0 amide bonds. The zero-order valence-corrected chi connectivity index (χ0v) is 12.0. The molecule has 0 unspecified atom stereocenters. The summed E-state index contributed by atoms with van der Waals surface area (Å²) in [5.74, 6) is 0. The van der Waals surface area contributed by atoms with Gasteiger partial charge in [-0.2, -0.15) is 0 Å². The Morgan fingerprint density at radius 3 is 2.25 bits per heavy atom. The maximum atomic E-state index is 10.6. The zero-order chi connectivity index (χ0) is 15.1. The van der Waals surface area contributed by atoms with Crippen molar-refractivity contribution in [3.05, 3.63) is 68.8 Å². The lowest BCUT2D eigenvalue weighted by Crippen LogP contribution is -1.87. The lowest BCUT2D eigenvalue weighted by Gasteiger charge is -1.99. The molecule has 1 aromatic rings. The SMILES string of the molecule is CC(=CC(C)=Cc1ccc([N+](=O)[O-])cc1)C=C(C)CO. The Kier molecular flexibility index (Phi) is 5.87. The molecule has 0 fully saturated rings. The lowest BCUT2D eigenvalue weighted by molar-refractivity contribution is -0.384. The molecular formula is C16H19NO3. The van der Waals surface area contributed by atoms with Crippen molar-refractivity contribution < 1.29 is 10.0 Å². The fourth-order valence-electron chi connectivity index (χ4n) is 1.83. The molecular weight excluding hydrogens is 254 g/mol. The third-order valence-electron chi connectivity index (χ3n) is 2.68. The smallest absolute Gasteiger partial charge is 0.269 e. The number of allylic oxidation sites excluding steroid dienone is 4. The van der Waals surface area contributed by atoms with Gasteiger partial charge in [-0.05, 0) is 44.0 Å². The van der Waals surface area contributed by atoms with Crippen LogP contribution in [0.1, 0.15) is 26.3 Å². The van der Waals surface area contributed by atoms with Crippen molar-refractivity contribution in [2.75, 3.05) is 6.61 Å². The van der Waals surface area contributed by atoms with E-state index in [4.69, 9.17) is 5.11 Å². The summed E-state index contributed by atoms with van der Waals surface area (Å²) in [5, 5.41) is 19.5. The number of aliphatic hydroxyl groups is 1. The average Bonchev–Trinajstić information content (AvgIpc) is 2.38. The summed E-state index contributed by atoms with van der Waals surface area (Å²) in [6.45, 7) is 5.85. The first kappa shape index (κ1) is 15.9. The normalized spacial score (nSPS) is 13.5. The Bertz CT molecular complexity index is 566. The van der Waals surface area contributed by atoms with Crippen LogP contribution in [0.15, 0.2) is 53.1 Å². The van der Waals surface area contributed by atoms with E-state index in [1.165, 1.54) is 12.1 Å². The van der Waals surface area contributed by atoms with Crippen LogP contribution in [0.3, 0.4) is 0 Å². The van der Waals surface area contributed by atoms with Gasteiger partial charge in [0.2, 0.25) is 0 Å². The van der Waals surface area contributed by atoms with E-state index >= 15 is 0 Å². The minimum absolute atomic E-state index is 0.0519. The van der Waals surface area contributed by atoms with Crippen molar-refractivity contribution in [3.63, 3.8) is 0 Å². The number of nitro benzene ring substituents is 1. The summed E-state index contributed by atoms with van der Waals surface area (Å²) in [5.41, 5.74) is 4.00. The molecule has 4 nitrogen and oxygen atoms in total. The second kappa shape index (κ2) is 7.40. The number of nitro groups is 1. The standard InChI is InChI=1S/C16H19NO3/c1-12(9-14(3)11-18)8-13(2)10-15-4-6-16(7-5-15)17(19)20/h4-10,18H,11H2,1-3H3. The quantitative estimate of drug-likeness (QED) is 0.503. The summed E-state index contributed by atoms with van der Waals surface area (Å²) < 4.78 is 0. The van der Waals surface area contributed by atoms with Crippen LogP contribution in [0, 0.1) is 10.1 Å². The Morgan fingerprint density at radius 2 is 1.75 bits per heavy atom. The molecule has 0 aliphatic heterocycles. The Balaban J connectivity index is 2.88. The van der Waals surface area contributed by atoms with Gasteiger partial charge in [0, 0.05) is 12.1 Å². The van der Waals surface area contributed by atoms with Gasteiger partial charge >= 0.3 is 0 Å². The molecule has 106 valence electrons. The first-order valence-corrected chi connectivity index (χ1v) is 6.31. The van der Waals surface area contributed by atoms with E-state index in [0.717, 1.165) is 22.3 Å². The molecule has 0 bridgehead atoms. The van der Waals surface area contributed by atoms with Crippen LogP contribution in [-0.2, 0) is 0 Å². The van der Waals surface area contributed by atoms with E-state index in [9.17, 15) is 10.1 Å². The molecule has 0 aliphatic carbocycles. The van der Waals surface area contributed by atoms with Crippen LogP contribution in [0.25, 0.3) is 6.08 Å². The van der Waals surface area contributed by atoms with Gasteiger partial charge in [-0.25, -0.2) is 0 Å². The van der Waals surface area contributed by atoms with Gasteiger partial charge in [-0.3, -0.25) is 10.1 Å². The highest BCUT2D eigenvalue weighted by molar-refractivity contribution is 5.57. The second-order valence-electron chi connectivity index (χ2n) is 4.77. The Labute approximate surface area is 118 Å². The number of aliphatic hydroxyl groups excluding tert-OH is 1. The van der Waals surface area contributed by atoms with Gasteiger partial charge in [0.25, 0.3) is 5.69 Å². The van der Waals surface area contributed by atoms with Crippen molar-refractivity contribution in [2.45, 2.75) is 20.8 Å². The van der Waals surface area contributed by atoms with E-state index in [0.29, 0.717) is 0 Å². The van der Waals surface area contributed by atoms with Gasteiger partial charge in [0.05, 0.1) is 11.5 Å². The molecule has 0 atom stereocenters. The van der Waals surface area contributed by atoms with Gasteiger partial charge in [0.15, 0.2) is 0 Å². The number of non-ortho nitro benzene ring substituents is 1. The van der Waals surface area contributed by atoms with Gasteiger partial charge in [0.1, 0.15) is 0 Å². The van der Waals surface area contributed by atoms with Crippen molar-refractivity contribution in [1.29, 1.82) is 0 Å². The number of rotatable bonds is 5. The monoisotopic (exact) mass is 273 g/mol. The van der Waals surface area contributed by atoms with Crippen molar-refractivity contribution in [3.8, 4) is 0 Å². The molecule has 0 aromatic heterocycles. The maximum Gasteiger partial charge on any atom is 0.269 e. The lowest BCUT2D eigenvalue weighted by atomic mass is 10.1. The topological polar surface area (TPSA) is 63.4 Å². The third kappa shape index (κ3) is 5.20. The summed E-state index contributed by atoms with van der Waals surface area (Å²) in [6.07, 6.45) is 5.88. The van der Waals surface area contributed by atoms with Crippen LogP contribution >= 0.6 is 0 Å². The predicted octanol–water partition coefficient (Wildman–Crippen LogP) is 3.88. The van der Waals surface area contributed by atoms with E-state index < -0.39 is 4.92 Å². The summed E-state index contributed by atoms with van der Waals surface area (Å²) >= 11 is 0. The Hall–Kier alpha value is -2.20. The third-order valence-corrected chi connectivity index (χ3v) is 2.68. The number of nitrogens with zero attached hydrogens (tertiary/aromatic N) is 1. The van der Waals surface area contributed by atoms with Crippen LogP contribution in [-0.4, -0.2) is 16.6 Å². The molecule has 1 aromatic carbocycles. The zero-order valence-electron chi connectivity index (χ0n) is 12.0. The van der Waals surface area contributed by atoms with Crippen LogP contribution in [0.5, 0.6) is 0 Å². The van der Waals surface area contributed by atoms with Crippen LogP contribution in [0.2, 0.25) is 0 Å². The van der Waals surface area contributed by atoms with Crippen molar-refractivity contribution >= 4 is 11.8 Å². The summed E-state index contributed by atoms with van der Waals surface area (Å²) in [4.78, 5) is 10.2. The van der Waals surface area contributed by atoms with Crippen LogP contribution < -0.4 is 0 Å². The van der Waals surface area contributed by atoms with E-state index in [1.54, 1.807) is 12.1 Å². The highest BCUT2D eigenvalue weighted by Crippen LogP contribution is 2.15. The minimum atomic E-state index is -0.410. The number of hydrogen-bond acceptors (Lipinski definition) is 3. The molecule has 0 radical (unpaired) electrons. The van der Waals surface area contributed by atoms with E-state index in [2.05, 4.69) is 0 Å². The fourth-order valence-corrected chi connectivity index (χ4v) is 1.83. The maximum absolute atomic E-state index is 10.6. The molecule has 20 heavy (non-hydrogen) atoms. The van der Waals surface area contributed by atoms with E-state index in [1.807, 2.05) is 39.0 Å². The fraction of sp³-hybridized carbons (Fsp3) is 0.250. The highest BCUT2D eigenvalue weighted by Gasteiger charge is 2.02. The number of hydrogen-bond donors (Lipinski definition) is 1. The molecule has 0 aliphatic rings. The van der Waals surface area contributed by atoms with Gasteiger partial charge in [-0.15, -0.1) is 0 Å². The predicted molar refractivity (Wildman–Crippen MR) is 81.3 cm³/mol. The van der Waals surface area contributed by atoms with E-state index in [-0.39, 0.29) is 12.3 Å². The van der Waals surface area contributed by atoms with Crippen molar-refractivity contribution in [1.82, 2.24) is 0 Å². The summed E-state index contributed by atoms with van der Waals surface area (Å²) in [7, 11) is 0. The van der Waals surface area contributed by atoms with Crippen LogP contribution in [0.4, 0.5) is 5.69 Å². The molecule has 1 rings (SSSR count). The van der Waals surface area contributed by atoms with Crippen molar-refractivity contribution in [2.24, 2.45) is 0 Å². The molecule has 1 N–H and O–H groups in total. The average molecular weight is 273 g/mol. The van der Waals surface area contributed by atoms with Gasteiger partial charge < -0.3 is 5.11 Å². The molecule has 0 saturated heterocycles. The Morgan fingerprint density at radius 1 is 1.15 bits per heavy atom. The second-order valence-corrected chi connectivity index (χ2v) is 4.77. The largest absolute Gasteiger partial charge is 0.392 e. The molecule has 4 heteroatoms. The molecule has 0 heterocycles. The van der Waals surface area contributed by atoms with Gasteiger partial charge in [-0.1, -0.05) is 29.4 Å². The first-order valence-electron chi connectivity index (χ1n) is 6.31.